The molecule has 0 heterocycles. The molecule has 0 spiro atoms. The summed E-state index contributed by atoms with van der Waals surface area (Å²) in [6, 6.07) is 10.1. The molecule has 0 atom stereocenters. The van der Waals surface area contributed by atoms with Crippen LogP contribution in [0.25, 0.3) is 10.8 Å². The highest BCUT2D eigenvalue weighted by molar-refractivity contribution is 9.11. The van der Waals surface area contributed by atoms with Crippen LogP contribution >= 0.6 is 43.5 Å². The van der Waals surface area contributed by atoms with Gasteiger partial charge in [0.05, 0.1) is 10.4 Å². The van der Waals surface area contributed by atoms with Crippen molar-refractivity contribution in [2.24, 2.45) is 0 Å². The molecule has 0 aliphatic rings. The zero-order chi connectivity index (χ0) is 11.5. The molecule has 16 heavy (non-hydrogen) atoms. The molecule has 2 rings (SSSR count). The molecule has 0 N–H and O–H groups in total. The van der Waals surface area contributed by atoms with Crippen molar-refractivity contribution in [1.29, 1.82) is 0 Å². The summed E-state index contributed by atoms with van der Waals surface area (Å²) < 4.78 is 7.58. The van der Waals surface area contributed by atoms with Gasteiger partial charge in [-0.05, 0) is 44.9 Å². The minimum absolute atomic E-state index is 0.491. The van der Waals surface area contributed by atoms with Gasteiger partial charge >= 0.3 is 0 Å². The maximum Gasteiger partial charge on any atom is 0.134 e. The zero-order valence-electron chi connectivity index (χ0n) is 8.34. The van der Waals surface area contributed by atoms with Crippen molar-refractivity contribution in [1.82, 2.24) is 0 Å². The molecule has 0 aliphatic carbocycles. The SMILES string of the molecule is ClCCOc1ccc2cc(Br)ccc2c1Br. The van der Waals surface area contributed by atoms with E-state index >= 15 is 0 Å². The van der Waals surface area contributed by atoms with Gasteiger partial charge in [0.25, 0.3) is 0 Å². The lowest BCUT2D eigenvalue weighted by Gasteiger charge is -2.09. The van der Waals surface area contributed by atoms with E-state index in [-0.39, 0.29) is 0 Å². The molecule has 0 unspecified atom stereocenters. The summed E-state index contributed by atoms with van der Waals surface area (Å²) in [7, 11) is 0. The maximum atomic E-state index is 5.60. The highest BCUT2D eigenvalue weighted by Gasteiger charge is 2.06. The Morgan fingerprint density at radius 1 is 1.12 bits per heavy atom. The van der Waals surface area contributed by atoms with Crippen molar-refractivity contribution in [3.8, 4) is 5.75 Å². The van der Waals surface area contributed by atoms with Crippen molar-refractivity contribution in [3.05, 3.63) is 39.3 Å². The molecule has 84 valence electrons. The van der Waals surface area contributed by atoms with Crippen LogP contribution in [0.4, 0.5) is 0 Å². The average molecular weight is 364 g/mol. The molecule has 2 aromatic carbocycles. The van der Waals surface area contributed by atoms with Gasteiger partial charge < -0.3 is 4.74 Å². The Hall–Kier alpha value is -0.250. The Labute approximate surface area is 116 Å². The van der Waals surface area contributed by atoms with E-state index < -0.39 is 0 Å². The van der Waals surface area contributed by atoms with Gasteiger partial charge in [0.15, 0.2) is 0 Å². The lowest BCUT2D eigenvalue weighted by Crippen LogP contribution is -1.98. The van der Waals surface area contributed by atoms with Crippen LogP contribution < -0.4 is 4.74 Å². The molecule has 0 aliphatic heterocycles. The Kier molecular flexibility index (Phi) is 4.11. The van der Waals surface area contributed by atoms with E-state index in [1.165, 1.54) is 5.39 Å². The third-order valence-corrected chi connectivity index (χ3v) is 3.68. The molecule has 0 saturated carbocycles. The predicted octanol–water partition coefficient (Wildman–Crippen LogP) is 4.98. The highest BCUT2D eigenvalue weighted by Crippen LogP contribution is 2.34. The van der Waals surface area contributed by atoms with E-state index in [2.05, 4.69) is 44.0 Å². The van der Waals surface area contributed by atoms with Crippen LogP contribution in [0.5, 0.6) is 5.75 Å². The van der Waals surface area contributed by atoms with Crippen molar-refractivity contribution in [2.45, 2.75) is 0 Å². The van der Waals surface area contributed by atoms with Crippen LogP contribution in [0, 0.1) is 0 Å². The van der Waals surface area contributed by atoms with E-state index in [0.29, 0.717) is 12.5 Å². The molecule has 2 aromatic rings. The van der Waals surface area contributed by atoms with Crippen molar-refractivity contribution in [3.63, 3.8) is 0 Å². The van der Waals surface area contributed by atoms with Gasteiger partial charge in [0, 0.05) is 4.47 Å². The Balaban J connectivity index is 2.48. The topological polar surface area (TPSA) is 9.23 Å². The standard InChI is InChI=1S/C12H9Br2ClO/c13-9-2-3-10-8(7-9)1-4-11(12(10)14)16-6-5-15/h1-4,7H,5-6H2. The summed E-state index contributed by atoms with van der Waals surface area (Å²) in [5.74, 6) is 1.32. The van der Waals surface area contributed by atoms with Gasteiger partial charge in [-0.1, -0.05) is 28.1 Å². The molecular weight excluding hydrogens is 355 g/mol. The number of hydrogen-bond acceptors (Lipinski definition) is 1. The first kappa shape index (κ1) is 12.2. The summed E-state index contributed by atoms with van der Waals surface area (Å²) in [5, 5.41) is 2.30. The van der Waals surface area contributed by atoms with Gasteiger partial charge in [-0.3, -0.25) is 0 Å². The lowest BCUT2D eigenvalue weighted by atomic mass is 10.1. The Bertz CT molecular complexity index is 514. The van der Waals surface area contributed by atoms with Gasteiger partial charge in [0.2, 0.25) is 0 Å². The van der Waals surface area contributed by atoms with Crippen molar-refractivity contribution >= 4 is 54.2 Å². The monoisotopic (exact) mass is 362 g/mol. The molecule has 1 nitrogen and oxygen atoms in total. The first-order valence-corrected chi connectivity index (χ1v) is 6.91. The first-order valence-electron chi connectivity index (χ1n) is 4.79. The second-order valence-electron chi connectivity index (χ2n) is 3.28. The second-order valence-corrected chi connectivity index (χ2v) is 5.37. The fraction of sp³-hybridized carbons (Fsp3) is 0.167. The number of alkyl halides is 1. The van der Waals surface area contributed by atoms with Crippen LogP contribution in [0.2, 0.25) is 0 Å². The summed E-state index contributed by atoms with van der Waals surface area (Å²) in [5.41, 5.74) is 0. The lowest BCUT2D eigenvalue weighted by molar-refractivity contribution is 0.341. The predicted molar refractivity (Wildman–Crippen MR) is 75.6 cm³/mol. The smallest absolute Gasteiger partial charge is 0.134 e. The highest BCUT2D eigenvalue weighted by atomic mass is 79.9. The number of halogens is 3. The average Bonchev–Trinajstić information content (AvgIpc) is 2.28. The van der Waals surface area contributed by atoms with E-state index in [1.807, 2.05) is 18.2 Å². The van der Waals surface area contributed by atoms with Crippen molar-refractivity contribution < 1.29 is 4.74 Å². The first-order chi connectivity index (χ1) is 7.72. The third kappa shape index (κ3) is 2.53. The second kappa shape index (κ2) is 5.39. The van der Waals surface area contributed by atoms with Gasteiger partial charge in [-0.15, -0.1) is 11.6 Å². The number of hydrogen-bond donors (Lipinski definition) is 0. The maximum absolute atomic E-state index is 5.60. The molecular formula is C12H9Br2ClO. The van der Waals surface area contributed by atoms with Gasteiger partial charge in [0.1, 0.15) is 12.4 Å². The minimum Gasteiger partial charge on any atom is -0.491 e. The molecule has 0 radical (unpaired) electrons. The molecule has 0 bridgehead atoms. The fourth-order valence-corrected chi connectivity index (χ4v) is 2.57. The number of benzene rings is 2. The minimum atomic E-state index is 0.491. The molecule has 0 amide bonds. The van der Waals surface area contributed by atoms with Gasteiger partial charge in [-0.25, -0.2) is 0 Å². The Morgan fingerprint density at radius 2 is 1.94 bits per heavy atom. The number of fused-ring (bicyclic) bond motifs is 1. The summed E-state index contributed by atoms with van der Waals surface area (Å²) in [6.07, 6.45) is 0. The summed E-state index contributed by atoms with van der Waals surface area (Å²) in [4.78, 5) is 0. The Morgan fingerprint density at radius 3 is 2.69 bits per heavy atom. The molecule has 0 aromatic heterocycles. The zero-order valence-corrected chi connectivity index (χ0v) is 12.3. The molecule has 4 heteroatoms. The largest absolute Gasteiger partial charge is 0.491 e. The molecule has 0 saturated heterocycles. The van der Waals surface area contributed by atoms with E-state index in [9.17, 15) is 0 Å². The van der Waals surface area contributed by atoms with Crippen LogP contribution in [-0.2, 0) is 0 Å². The van der Waals surface area contributed by atoms with E-state index in [1.54, 1.807) is 0 Å². The molecule has 0 fully saturated rings. The number of rotatable bonds is 3. The number of ether oxygens (including phenoxy) is 1. The van der Waals surface area contributed by atoms with E-state index in [0.717, 1.165) is 20.1 Å². The quantitative estimate of drug-likeness (QED) is 0.698. The van der Waals surface area contributed by atoms with Crippen molar-refractivity contribution in [2.75, 3.05) is 12.5 Å². The van der Waals surface area contributed by atoms with Crippen LogP contribution in [0.1, 0.15) is 0 Å². The normalized spacial score (nSPS) is 10.7. The fourth-order valence-electron chi connectivity index (χ4n) is 1.50. The van der Waals surface area contributed by atoms with Crippen LogP contribution in [-0.4, -0.2) is 12.5 Å². The van der Waals surface area contributed by atoms with Gasteiger partial charge in [-0.2, -0.15) is 0 Å². The summed E-state index contributed by atoms with van der Waals surface area (Å²) in [6.45, 7) is 0.516. The van der Waals surface area contributed by atoms with Crippen LogP contribution in [0.3, 0.4) is 0 Å². The third-order valence-electron chi connectivity index (χ3n) is 2.22. The van der Waals surface area contributed by atoms with Crippen LogP contribution in [0.15, 0.2) is 39.3 Å². The summed E-state index contributed by atoms with van der Waals surface area (Å²) >= 11 is 12.6. The van der Waals surface area contributed by atoms with E-state index in [4.69, 9.17) is 16.3 Å².